The van der Waals surface area contributed by atoms with Crippen LogP contribution in [0.25, 0.3) is 5.65 Å². The van der Waals surface area contributed by atoms with E-state index in [9.17, 15) is 4.79 Å². The highest BCUT2D eigenvalue weighted by Crippen LogP contribution is 2.31. The number of carbonyl (C=O) groups excluding carboxylic acids is 1. The third-order valence-corrected chi connectivity index (χ3v) is 5.67. The standard InChI is InChI=1S/C22H26N4O/c1-14-13-21-23-16(3)19(17(4)26(21)24-14)11-12-22(27)25-15(2)9-10-18-7-5-6-8-20(18)25/h5-8,13,15H,9-12H2,1-4H3/t15-/m0/s1. The average molecular weight is 362 g/mol. The van der Waals surface area contributed by atoms with Gasteiger partial charge in [0.2, 0.25) is 5.91 Å². The maximum absolute atomic E-state index is 13.1. The molecule has 27 heavy (non-hydrogen) atoms. The van der Waals surface area contributed by atoms with E-state index in [-0.39, 0.29) is 11.9 Å². The van der Waals surface area contributed by atoms with Crippen molar-refractivity contribution >= 4 is 17.2 Å². The second kappa shape index (κ2) is 6.80. The molecule has 140 valence electrons. The van der Waals surface area contributed by atoms with Crippen molar-refractivity contribution in [3.8, 4) is 0 Å². The summed E-state index contributed by atoms with van der Waals surface area (Å²) in [5, 5.41) is 4.53. The van der Waals surface area contributed by atoms with Gasteiger partial charge in [-0.05, 0) is 64.2 Å². The fourth-order valence-corrected chi connectivity index (χ4v) is 4.22. The minimum Gasteiger partial charge on any atom is -0.309 e. The zero-order chi connectivity index (χ0) is 19.1. The second-order valence-electron chi connectivity index (χ2n) is 7.60. The van der Waals surface area contributed by atoms with Gasteiger partial charge >= 0.3 is 0 Å². The number of hydrogen-bond donors (Lipinski definition) is 0. The number of carbonyl (C=O) groups is 1. The Morgan fingerprint density at radius 1 is 1.22 bits per heavy atom. The van der Waals surface area contributed by atoms with E-state index in [1.54, 1.807) is 0 Å². The topological polar surface area (TPSA) is 50.5 Å². The largest absolute Gasteiger partial charge is 0.309 e. The highest BCUT2D eigenvalue weighted by atomic mass is 16.2. The maximum atomic E-state index is 13.1. The Morgan fingerprint density at radius 3 is 2.81 bits per heavy atom. The summed E-state index contributed by atoms with van der Waals surface area (Å²) in [7, 11) is 0. The molecule has 0 radical (unpaired) electrons. The summed E-state index contributed by atoms with van der Waals surface area (Å²) in [6.45, 7) is 8.20. The molecule has 0 saturated carbocycles. The highest BCUT2D eigenvalue weighted by molar-refractivity contribution is 5.95. The van der Waals surface area contributed by atoms with Crippen LogP contribution in [0.4, 0.5) is 5.69 Å². The molecule has 0 aliphatic carbocycles. The van der Waals surface area contributed by atoms with Crippen LogP contribution in [0.5, 0.6) is 0 Å². The quantitative estimate of drug-likeness (QED) is 0.709. The normalized spacial score (nSPS) is 16.6. The zero-order valence-electron chi connectivity index (χ0n) is 16.5. The summed E-state index contributed by atoms with van der Waals surface area (Å²) < 4.78 is 1.89. The molecule has 1 aromatic carbocycles. The van der Waals surface area contributed by atoms with Gasteiger partial charge in [-0.25, -0.2) is 9.50 Å². The molecule has 5 heteroatoms. The molecule has 0 saturated heterocycles. The SMILES string of the molecule is Cc1cc2nc(C)c(CCC(=O)N3c4ccccc4CC[C@@H]3C)c(C)n2n1. The van der Waals surface area contributed by atoms with Crippen molar-refractivity contribution in [1.82, 2.24) is 14.6 Å². The molecule has 3 heterocycles. The van der Waals surface area contributed by atoms with Gasteiger partial charge in [0.05, 0.1) is 5.69 Å². The number of anilines is 1. The minimum atomic E-state index is 0.185. The number of nitrogens with zero attached hydrogens (tertiary/aromatic N) is 4. The van der Waals surface area contributed by atoms with Crippen molar-refractivity contribution in [3.63, 3.8) is 0 Å². The minimum absolute atomic E-state index is 0.185. The first-order chi connectivity index (χ1) is 13.0. The molecular weight excluding hydrogens is 336 g/mol. The van der Waals surface area contributed by atoms with Gasteiger partial charge in [0.1, 0.15) is 0 Å². The Bertz CT molecular complexity index is 1020. The Hall–Kier alpha value is -2.69. The van der Waals surface area contributed by atoms with E-state index in [0.29, 0.717) is 12.8 Å². The Morgan fingerprint density at radius 2 is 2.00 bits per heavy atom. The molecule has 0 spiro atoms. The fraction of sp³-hybridized carbons (Fsp3) is 0.409. The highest BCUT2D eigenvalue weighted by Gasteiger charge is 2.27. The predicted octanol–water partition coefficient (Wildman–Crippen LogP) is 3.96. The summed E-state index contributed by atoms with van der Waals surface area (Å²) in [5.74, 6) is 0.185. The van der Waals surface area contributed by atoms with Crippen molar-refractivity contribution in [2.45, 2.75) is 59.4 Å². The van der Waals surface area contributed by atoms with E-state index in [2.05, 4.69) is 42.1 Å². The number of aromatic nitrogens is 3. The molecule has 1 aliphatic rings. The van der Waals surface area contributed by atoms with Crippen LogP contribution in [-0.4, -0.2) is 26.5 Å². The van der Waals surface area contributed by atoms with E-state index >= 15 is 0 Å². The van der Waals surface area contributed by atoms with Gasteiger partial charge in [-0.1, -0.05) is 18.2 Å². The van der Waals surface area contributed by atoms with Gasteiger partial charge in [-0.2, -0.15) is 5.10 Å². The van der Waals surface area contributed by atoms with Crippen LogP contribution in [0.1, 0.15) is 48.0 Å². The number of rotatable bonds is 3. The van der Waals surface area contributed by atoms with Gasteiger partial charge in [0, 0.05) is 35.6 Å². The lowest BCUT2D eigenvalue weighted by Gasteiger charge is -2.35. The molecule has 3 aromatic rings. The van der Waals surface area contributed by atoms with Gasteiger partial charge in [-0.3, -0.25) is 4.79 Å². The van der Waals surface area contributed by atoms with Crippen LogP contribution in [0, 0.1) is 20.8 Å². The van der Waals surface area contributed by atoms with Crippen LogP contribution in [0.3, 0.4) is 0 Å². The average Bonchev–Trinajstić information content (AvgIpc) is 3.01. The first kappa shape index (κ1) is 17.7. The molecule has 2 aromatic heterocycles. The molecule has 1 aliphatic heterocycles. The lowest BCUT2D eigenvalue weighted by molar-refractivity contribution is -0.119. The lowest BCUT2D eigenvalue weighted by Crippen LogP contribution is -2.42. The van der Waals surface area contributed by atoms with Crippen LogP contribution in [0.2, 0.25) is 0 Å². The van der Waals surface area contributed by atoms with Crippen LogP contribution >= 0.6 is 0 Å². The van der Waals surface area contributed by atoms with Gasteiger partial charge < -0.3 is 4.90 Å². The third kappa shape index (κ3) is 3.11. The molecule has 5 nitrogen and oxygen atoms in total. The fourth-order valence-electron chi connectivity index (χ4n) is 4.22. The van der Waals surface area contributed by atoms with E-state index in [0.717, 1.165) is 46.8 Å². The number of aryl methyl sites for hydroxylation is 4. The molecule has 1 amide bonds. The molecule has 4 rings (SSSR count). The number of amides is 1. The third-order valence-electron chi connectivity index (χ3n) is 5.67. The molecule has 0 unspecified atom stereocenters. The summed E-state index contributed by atoms with van der Waals surface area (Å²) in [4.78, 5) is 19.8. The maximum Gasteiger partial charge on any atom is 0.227 e. The van der Waals surface area contributed by atoms with Crippen molar-refractivity contribution in [1.29, 1.82) is 0 Å². The zero-order valence-corrected chi connectivity index (χ0v) is 16.5. The van der Waals surface area contributed by atoms with Gasteiger partial charge in [-0.15, -0.1) is 0 Å². The first-order valence-electron chi connectivity index (χ1n) is 9.68. The molecule has 1 atom stereocenters. The Kier molecular flexibility index (Phi) is 4.46. The number of fused-ring (bicyclic) bond motifs is 2. The molecular formula is C22H26N4O. The second-order valence-corrected chi connectivity index (χ2v) is 7.60. The van der Waals surface area contributed by atoms with Crippen molar-refractivity contribution < 1.29 is 4.79 Å². The lowest BCUT2D eigenvalue weighted by atomic mass is 9.95. The Labute approximate surface area is 160 Å². The smallest absolute Gasteiger partial charge is 0.227 e. The van der Waals surface area contributed by atoms with Crippen molar-refractivity contribution in [2.75, 3.05) is 4.90 Å². The monoisotopic (exact) mass is 362 g/mol. The summed E-state index contributed by atoms with van der Waals surface area (Å²) in [6.07, 6.45) is 3.22. The Balaban J connectivity index is 1.59. The number of hydrogen-bond acceptors (Lipinski definition) is 3. The van der Waals surface area contributed by atoms with E-state index in [1.165, 1.54) is 5.56 Å². The van der Waals surface area contributed by atoms with Crippen LogP contribution < -0.4 is 4.90 Å². The van der Waals surface area contributed by atoms with Crippen LogP contribution in [-0.2, 0) is 17.6 Å². The van der Waals surface area contributed by atoms with Crippen molar-refractivity contribution in [2.24, 2.45) is 0 Å². The first-order valence-corrected chi connectivity index (χ1v) is 9.68. The summed E-state index contributed by atoms with van der Waals surface area (Å²) >= 11 is 0. The van der Waals surface area contributed by atoms with Gasteiger partial charge in [0.15, 0.2) is 5.65 Å². The van der Waals surface area contributed by atoms with E-state index in [1.807, 2.05) is 35.4 Å². The van der Waals surface area contributed by atoms with Crippen LogP contribution in [0.15, 0.2) is 30.3 Å². The molecule has 0 N–H and O–H groups in total. The summed E-state index contributed by atoms with van der Waals surface area (Å²) in [6, 6.07) is 10.5. The number of para-hydroxylation sites is 1. The van der Waals surface area contributed by atoms with E-state index in [4.69, 9.17) is 0 Å². The van der Waals surface area contributed by atoms with Crippen molar-refractivity contribution in [3.05, 3.63) is 58.5 Å². The van der Waals surface area contributed by atoms with Gasteiger partial charge in [0.25, 0.3) is 0 Å². The molecule has 0 bridgehead atoms. The summed E-state index contributed by atoms with van der Waals surface area (Å²) in [5.41, 5.74) is 7.35. The predicted molar refractivity (Wildman–Crippen MR) is 107 cm³/mol. The number of benzene rings is 1. The van der Waals surface area contributed by atoms with E-state index < -0.39 is 0 Å². The molecule has 0 fully saturated rings.